The van der Waals surface area contributed by atoms with Gasteiger partial charge in [0.1, 0.15) is 41.4 Å². The van der Waals surface area contributed by atoms with E-state index in [1.807, 2.05) is 11.9 Å². The molecule has 2 N–H and O–H groups in total. The third-order valence-electron chi connectivity index (χ3n) is 9.34. The van der Waals surface area contributed by atoms with Gasteiger partial charge >= 0.3 is 6.01 Å². The molecule has 0 unspecified atom stereocenters. The fourth-order valence-electron chi connectivity index (χ4n) is 7.29. The van der Waals surface area contributed by atoms with Crippen molar-refractivity contribution in [1.29, 1.82) is 0 Å². The van der Waals surface area contributed by atoms with Gasteiger partial charge < -0.3 is 20.1 Å². The van der Waals surface area contributed by atoms with Gasteiger partial charge in [0.2, 0.25) is 0 Å². The predicted molar refractivity (Wildman–Crippen MR) is 163 cm³/mol. The molecule has 0 saturated carbocycles. The number of rotatable bonds is 7. The van der Waals surface area contributed by atoms with Crippen molar-refractivity contribution in [2.24, 2.45) is 0 Å². The van der Waals surface area contributed by atoms with Crippen LogP contribution in [-0.4, -0.2) is 82.5 Å². The maximum absolute atomic E-state index is 16.7. The van der Waals surface area contributed by atoms with E-state index < -0.39 is 23.3 Å². The van der Waals surface area contributed by atoms with Crippen LogP contribution in [0.25, 0.3) is 32.9 Å². The molecule has 0 amide bonds. The molecule has 11 heteroatoms. The van der Waals surface area contributed by atoms with Gasteiger partial charge in [-0.1, -0.05) is 12.0 Å². The second-order valence-corrected chi connectivity index (χ2v) is 12.2. The number of hydrogen-bond donors (Lipinski definition) is 2. The summed E-state index contributed by atoms with van der Waals surface area (Å²) in [6.45, 7) is 2.94. The first-order valence-corrected chi connectivity index (χ1v) is 15.0. The number of anilines is 1. The summed E-state index contributed by atoms with van der Waals surface area (Å²) in [6, 6.07) is 5.67. The number of alkyl halides is 1. The van der Waals surface area contributed by atoms with E-state index in [4.69, 9.17) is 16.1 Å². The van der Waals surface area contributed by atoms with Crippen LogP contribution in [0.4, 0.5) is 19.0 Å². The van der Waals surface area contributed by atoms with E-state index >= 15 is 4.39 Å². The maximum atomic E-state index is 16.7. The Morgan fingerprint density at radius 1 is 1.25 bits per heavy atom. The number of halogens is 3. The molecule has 0 bridgehead atoms. The SMILES string of the molecule is C#Cc1c(F)ccc2cc(O)cc(-c3ncc4c(N(C)C[C@H]5CCCN5)nc(OC[C@@]56CCCN5C[C@H](F)C6)nc4c3F)c12. The molecule has 0 aliphatic carbocycles. The zero-order valence-corrected chi connectivity index (χ0v) is 24.4. The Hall–Kier alpha value is -4.14. The quantitative estimate of drug-likeness (QED) is 0.288. The lowest BCUT2D eigenvalue weighted by molar-refractivity contribution is 0.107. The van der Waals surface area contributed by atoms with Gasteiger partial charge in [-0.25, -0.2) is 13.2 Å². The lowest BCUT2D eigenvalue weighted by Gasteiger charge is -2.31. The van der Waals surface area contributed by atoms with E-state index in [2.05, 4.69) is 26.1 Å². The standard InChI is InChI=1S/C33H33F3N6O2/c1-3-23-26(35)8-7-19-12-22(43)13-24(27(19)23)29-28(36)30-25(15-38-29)31(41(2)17-21-6-4-10-37-21)40-32(39-30)44-18-33-9-5-11-42(33)16-20(34)14-33/h1,7-8,12-13,15,20-21,37,43H,4-6,9-11,14,16-18H2,2H3/t20-,21-,33+/m1/s1. The second-order valence-electron chi connectivity index (χ2n) is 12.2. The van der Waals surface area contributed by atoms with Crippen LogP contribution >= 0.6 is 0 Å². The number of nitrogens with zero attached hydrogens (tertiary/aromatic N) is 5. The summed E-state index contributed by atoms with van der Waals surface area (Å²) in [5, 5.41) is 15.0. The van der Waals surface area contributed by atoms with Crippen LogP contribution in [0.1, 0.15) is 37.7 Å². The molecule has 7 rings (SSSR count). The van der Waals surface area contributed by atoms with Crippen molar-refractivity contribution >= 4 is 27.5 Å². The smallest absolute Gasteiger partial charge is 0.319 e. The van der Waals surface area contributed by atoms with Crippen molar-refractivity contribution < 1.29 is 23.0 Å². The van der Waals surface area contributed by atoms with Gasteiger partial charge in [-0.05, 0) is 62.4 Å². The monoisotopic (exact) mass is 602 g/mol. The van der Waals surface area contributed by atoms with E-state index in [0.29, 0.717) is 36.1 Å². The second kappa shape index (κ2) is 11.1. The Bertz CT molecular complexity index is 1810. The number of hydrogen-bond acceptors (Lipinski definition) is 8. The molecular formula is C33H33F3N6O2. The number of nitrogens with one attached hydrogen (secondary N) is 1. The summed E-state index contributed by atoms with van der Waals surface area (Å²) >= 11 is 0. The Morgan fingerprint density at radius 3 is 2.91 bits per heavy atom. The molecular weight excluding hydrogens is 569 g/mol. The lowest BCUT2D eigenvalue weighted by Crippen LogP contribution is -2.43. The number of phenols is 1. The van der Waals surface area contributed by atoms with E-state index in [0.717, 1.165) is 38.8 Å². The Morgan fingerprint density at radius 2 is 2.11 bits per heavy atom. The van der Waals surface area contributed by atoms with Gasteiger partial charge in [-0.3, -0.25) is 9.88 Å². The molecule has 3 aliphatic heterocycles. The minimum atomic E-state index is -0.919. The van der Waals surface area contributed by atoms with Gasteiger partial charge in [0, 0.05) is 49.7 Å². The number of aromatic hydroxyl groups is 1. The van der Waals surface area contributed by atoms with Gasteiger partial charge in [0.25, 0.3) is 0 Å². The third-order valence-corrected chi connectivity index (χ3v) is 9.34. The Balaban J connectivity index is 1.36. The maximum Gasteiger partial charge on any atom is 0.319 e. The largest absolute Gasteiger partial charge is 0.508 e. The predicted octanol–water partition coefficient (Wildman–Crippen LogP) is 4.95. The summed E-state index contributed by atoms with van der Waals surface area (Å²) in [4.78, 5) is 17.7. The molecule has 2 aromatic heterocycles. The fourth-order valence-corrected chi connectivity index (χ4v) is 7.29. The summed E-state index contributed by atoms with van der Waals surface area (Å²) in [7, 11) is 1.88. The van der Waals surface area contributed by atoms with Crippen LogP contribution < -0.4 is 15.0 Å². The van der Waals surface area contributed by atoms with E-state index in [1.165, 1.54) is 30.5 Å². The topological polar surface area (TPSA) is 86.6 Å². The zero-order valence-electron chi connectivity index (χ0n) is 24.4. The van der Waals surface area contributed by atoms with Crippen LogP contribution in [0.5, 0.6) is 11.8 Å². The molecule has 8 nitrogen and oxygen atoms in total. The minimum Gasteiger partial charge on any atom is -0.508 e. The summed E-state index contributed by atoms with van der Waals surface area (Å²) < 4.78 is 52.0. The van der Waals surface area contributed by atoms with Crippen molar-refractivity contribution in [3.05, 3.63) is 47.7 Å². The molecule has 0 spiro atoms. The van der Waals surface area contributed by atoms with Crippen molar-refractivity contribution in [3.63, 3.8) is 0 Å². The number of ether oxygens (including phenoxy) is 1. The van der Waals surface area contributed by atoms with E-state index in [-0.39, 0.29) is 52.1 Å². The van der Waals surface area contributed by atoms with E-state index in [9.17, 15) is 13.9 Å². The summed E-state index contributed by atoms with van der Waals surface area (Å²) in [5.74, 6) is 1.23. The highest BCUT2D eigenvalue weighted by Crippen LogP contribution is 2.41. The molecule has 3 saturated heterocycles. The average molecular weight is 603 g/mol. The Kier molecular flexibility index (Phi) is 7.22. The molecule has 5 heterocycles. The number of fused-ring (bicyclic) bond motifs is 3. The Labute approximate surface area is 253 Å². The van der Waals surface area contributed by atoms with Crippen LogP contribution in [-0.2, 0) is 0 Å². The van der Waals surface area contributed by atoms with Crippen LogP contribution in [0.2, 0.25) is 0 Å². The normalized spacial score (nSPS) is 23.3. The van der Waals surface area contributed by atoms with Gasteiger partial charge in [-0.2, -0.15) is 9.97 Å². The number of aromatic nitrogens is 3. The zero-order chi connectivity index (χ0) is 30.6. The average Bonchev–Trinajstić information content (AvgIpc) is 3.72. The highest BCUT2D eigenvalue weighted by Gasteiger charge is 2.49. The number of benzene rings is 2. The molecule has 3 fully saturated rings. The first-order valence-electron chi connectivity index (χ1n) is 15.0. The minimum absolute atomic E-state index is 0.0190. The van der Waals surface area contributed by atoms with Crippen LogP contribution in [0.3, 0.4) is 0 Å². The highest BCUT2D eigenvalue weighted by atomic mass is 19.1. The summed E-state index contributed by atoms with van der Waals surface area (Å²) in [5.41, 5.74) is -0.535. The fraction of sp³-hybridized carbons (Fsp3) is 0.424. The van der Waals surface area contributed by atoms with Crippen LogP contribution in [0, 0.1) is 24.0 Å². The number of likely N-dealkylation sites (N-methyl/N-ethyl adjacent to an activating group) is 1. The molecule has 0 radical (unpaired) electrons. The first kappa shape index (κ1) is 28.6. The summed E-state index contributed by atoms with van der Waals surface area (Å²) in [6.07, 6.45) is 10.4. The molecule has 2 aromatic carbocycles. The third kappa shape index (κ3) is 4.86. The number of phenolic OH excluding ortho intramolecular Hbond substituents is 1. The van der Waals surface area contributed by atoms with Crippen molar-refractivity contribution in [1.82, 2.24) is 25.2 Å². The highest BCUT2D eigenvalue weighted by molar-refractivity contribution is 6.03. The molecule has 3 atom stereocenters. The van der Waals surface area contributed by atoms with Gasteiger partial charge in [0.15, 0.2) is 5.82 Å². The number of terminal acetylenes is 1. The van der Waals surface area contributed by atoms with Gasteiger partial charge in [0.05, 0.1) is 16.5 Å². The molecule has 3 aliphatic rings. The molecule has 44 heavy (non-hydrogen) atoms. The lowest BCUT2D eigenvalue weighted by atomic mass is 9.95. The molecule has 4 aromatic rings. The van der Waals surface area contributed by atoms with Crippen molar-refractivity contribution in [2.45, 2.75) is 49.9 Å². The van der Waals surface area contributed by atoms with E-state index in [1.54, 1.807) is 0 Å². The first-order chi connectivity index (χ1) is 21.3. The van der Waals surface area contributed by atoms with Gasteiger partial charge in [-0.15, -0.1) is 6.42 Å². The number of pyridine rings is 1. The molecule has 228 valence electrons. The van der Waals surface area contributed by atoms with Crippen molar-refractivity contribution in [2.75, 3.05) is 44.7 Å². The van der Waals surface area contributed by atoms with Crippen molar-refractivity contribution in [3.8, 4) is 35.4 Å². The van der Waals surface area contributed by atoms with Crippen LogP contribution in [0.15, 0.2) is 30.5 Å².